The third-order valence-corrected chi connectivity index (χ3v) is 3.85. The van der Waals surface area contributed by atoms with E-state index in [4.69, 9.17) is 4.74 Å². The molecule has 3 N–H and O–H groups in total. The highest BCUT2D eigenvalue weighted by Gasteiger charge is 2.23. The molecule has 0 aliphatic heterocycles. The van der Waals surface area contributed by atoms with Crippen LogP contribution in [0.25, 0.3) is 0 Å². The Labute approximate surface area is 144 Å². The Bertz CT molecular complexity index is 459. The number of rotatable bonds is 5. The summed E-state index contributed by atoms with van der Waals surface area (Å²) < 4.78 is 5.09. The average molecular weight is 341 g/mol. The normalized spacial score (nSPS) is 22.2. The van der Waals surface area contributed by atoms with Crippen molar-refractivity contribution < 1.29 is 19.1 Å². The van der Waals surface area contributed by atoms with E-state index >= 15 is 0 Å². The maximum atomic E-state index is 11.9. The van der Waals surface area contributed by atoms with Gasteiger partial charge in [-0.05, 0) is 46.5 Å². The summed E-state index contributed by atoms with van der Waals surface area (Å²) in [6.07, 6.45) is 3.63. The van der Waals surface area contributed by atoms with Crippen LogP contribution in [0, 0.1) is 5.92 Å². The third kappa shape index (κ3) is 8.17. The van der Waals surface area contributed by atoms with Crippen LogP contribution in [0.1, 0.15) is 60.3 Å². The van der Waals surface area contributed by atoms with Gasteiger partial charge in [0.2, 0.25) is 11.8 Å². The smallest absolute Gasteiger partial charge is 0.408 e. The minimum absolute atomic E-state index is 0.0932. The van der Waals surface area contributed by atoms with Crippen LogP contribution in [0.2, 0.25) is 0 Å². The average Bonchev–Trinajstić information content (AvgIpc) is 2.42. The Balaban J connectivity index is 2.28. The molecule has 0 spiro atoms. The number of carbonyl (C=O) groups excluding carboxylic acids is 3. The van der Waals surface area contributed by atoms with E-state index in [1.54, 1.807) is 27.7 Å². The Hall–Kier alpha value is -1.79. The first-order valence-corrected chi connectivity index (χ1v) is 8.63. The molecule has 0 heterocycles. The molecule has 0 bridgehead atoms. The molecule has 0 aromatic carbocycles. The molecule has 1 rings (SSSR count). The summed E-state index contributed by atoms with van der Waals surface area (Å²) in [7, 11) is 0. The molecule has 0 aromatic rings. The van der Waals surface area contributed by atoms with Gasteiger partial charge in [0, 0.05) is 6.04 Å². The Morgan fingerprint density at radius 3 is 2.46 bits per heavy atom. The van der Waals surface area contributed by atoms with Gasteiger partial charge in [-0.1, -0.05) is 19.8 Å². The molecule has 3 atom stereocenters. The van der Waals surface area contributed by atoms with E-state index in [0.717, 1.165) is 19.3 Å². The Morgan fingerprint density at radius 1 is 1.21 bits per heavy atom. The lowest BCUT2D eigenvalue weighted by molar-refractivity contribution is -0.127. The Kier molecular flexibility index (Phi) is 7.51. The van der Waals surface area contributed by atoms with Gasteiger partial charge < -0.3 is 20.7 Å². The molecular formula is C17H31N3O4. The molecule has 1 saturated carbocycles. The molecule has 1 aliphatic rings. The van der Waals surface area contributed by atoms with Crippen molar-refractivity contribution in [1.82, 2.24) is 16.0 Å². The van der Waals surface area contributed by atoms with Crippen molar-refractivity contribution in [2.75, 3.05) is 6.54 Å². The lowest BCUT2D eigenvalue weighted by atomic mass is 9.87. The summed E-state index contributed by atoms with van der Waals surface area (Å²) in [5, 5.41) is 7.92. The standard InChI is InChI=1S/C17H31N3O4/c1-11-7-6-8-13(9-11)20-14(21)10-18-15(22)12(2)19-16(23)24-17(3,4)5/h11-13H,6-10H2,1-5H3,(H,18,22)(H,19,23)(H,20,21)/t11-,12-,13?/m0/s1. The fourth-order valence-electron chi connectivity index (χ4n) is 2.71. The molecule has 0 saturated heterocycles. The molecule has 1 aliphatic carbocycles. The van der Waals surface area contributed by atoms with Crippen LogP contribution < -0.4 is 16.0 Å². The van der Waals surface area contributed by atoms with E-state index in [1.165, 1.54) is 6.42 Å². The first-order chi connectivity index (χ1) is 11.1. The van der Waals surface area contributed by atoms with E-state index < -0.39 is 23.6 Å². The molecule has 7 heteroatoms. The van der Waals surface area contributed by atoms with Gasteiger partial charge in [-0.25, -0.2) is 4.79 Å². The van der Waals surface area contributed by atoms with Crippen LogP contribution in [0.3, 0.4) is 0 Å². The first-order valence-electron chi connectivity index (χ1n) is 8.63. The summed E-state index contributed by atoms with van der Waals surface area (Å²) in [6.45, 7) is 8.86. The predicted molar refractivity (Wildman–Crippen MR) is 91.4 cm³/mol. The van der Waals surface area contributed by atoms with E-state index in [1.807, 2.05) is 0 Å². The third-order valence-electron chi connectivity index (χ3n) is 3.85. The van der Waals surface area contributed by atoms with Crippen molar-refractivity contribution in [3.63, 3.8) is 0 Å². The van der Waals surface area contributed by atoms with Crippen molar-refractivity contribution in [1.29, 1.82) is 0 Å². The maximum Gasteiger partial charge on any atom is 0.408 e. The highest BCUT2D eigenvalue weighted by molar-refractivity contribution is 5.89. The van der Waals surface area contributed by atoms with Crippen LogP contribution in [0.4, 0.5) is 4.79 Å². The number of amides is 3. The van der Waals surface area contributed by atoms with Gasteiger partial charge >= 0.3 is 6.09 Å². The molecule has 7 nitrogen and oxygen atoms in total. The van der Waals surface area contributed by atoms with Crippen LogP contribution in [0.5, 0.6) is 0 Å². The van der Waals surface area contributed by atoms with Crippen LogP contribution in [-0.2, 0) is 14.3 Å². The highest BCUT2D eigenvalue weighted by Crippen LogP contribution is 2.23. The molecular weight excluding hydrogens is 310 g/mol. The summed E-state index contributed by atoms with van der Waals surface area (Å²) in [4.78, 5) is 35.5. The largest absolute Gasteiger partial charge is 0.444 e. The van der Waals surface area contributed by atoms with Gasteiger partial charge in [-0.2, -0.15) is 0 Å². The van der Waals surface area contributed by atoms with E-state index in [0.29, 0.717) is 5.92 Å². The molecule has 0 radical (unpaired) electrons. The molecule has 138 valence electrons. The van der Waals surface area contributed by atoms with Crippen LogP contribution >= 0.6 is 0 Å². The second-order valence-electron chi connectivity index (χ2n) is 7.62. The van der Waals surface area contributed by atoms with Gasteiger partial charge in [-0.15, -0.1) is 0 Å². The fraction of sp³-hybridized carbons (Fsp3) is 0.824. The topological polar surface area (TPSA) is 96.5 Å². The molecule has 3 amide bonds. The zero-order chi connectivity index (χ0) is 18.3. The zero-order valence-electron chi connectivity index (χ0n) is 15.4. The highest BCUT2D eigenvalue weighted by atomic mass is 16.6. The van der Waals surface area contributed by atoms with Crippen molar-refractivity contribution >= 4 is 17.9 Å². The number of alkyl carbamates (subject to hydrolysis) is 1. The molecule has 1 unspecified atom stereocenters. The molecule has 1 fully saturated rings. The SMILES string of the molecule is C[C@H]1CCCC(NC(=O)CNC(=O)[C@H](C)NC(=O)OC(C)(C)C)C1. The van der Waals surface area contributed by atoms with E-state index in [-0.39, 0.29) is 18.5 Å². The lowest BCUT2D eigenvalue weighted by Crippen LogP contribution is -2.49. The summed E-state index contributed by atoms with van der Waals surface area (Å²) >= 11 is 0. The number of hydrogen-bond donors (Lipinski definition) is 3. The predicted octanol–water partition coefficient (Wildman–Crippen LogP) is 1.71. The number of nitrogens with one attached hydrogen (secondary N) is 3. The van der Waals surface area contributed by atoms with Gasteiger partial charge in [0.05, 0.1) is 6.54 Å². The zero-order valence-corrected chi connectivity index (χ0v) is 15.4. The van der Waals surface area contributed by atoms with Gasteiger partial charge in [0.1, 0.15) is 11.6 Å². The second kappa shape index (κ2) is 8.89. The van der Waals surface area contributed by atoms with Gasteiger partial charge in [-0.3, -0.25) is 9.59 Å². The van der Waals surface area contributed by atoms with Crippen LogP contribution in [0.15, 0.2) is 0 Å². The van der Waals surface area contributed by atoms with E-state index in [2.05, 4.69) is 22.9 Å². The number of carbonyl (C=O) groups is 3. The van der Waals surface area contributed by atoms with Crippen molar-refractivity contribution in [2.24, 2.45) is 5.92 Å². The van der Waals surface area contributed by atoms with Gasteiger partial charge in [0.15, 0.2) is 0 Å². The summed E-state index contributed by atoms with van der Waals surface area (Å²) in [5.74, 6) is -0.00312. The molecule has 0 aromatic heterocycles. The van der Waals surface area contributed by atoms with Crippen molar-refractivity contribution in [3.05, 3.63) is 0 Å². The van der Waals surface area contributed by atoms with Crippen molar-refractivity contribution in [3.8, 4) is 0 Å². The molecule has 24 heavy (non-hydrogen) atoms. The summed E-state index contributed by atoms with van der Waals surface area (Å²) in [6, 6.07) is -0.585. The lowest BCUT2D eigenvalue weighted by Gasteiger charge is -2.27. The minimum Gasteiger partial charge on any atom is -0.444 e. The monoisotopic (exact) mass is 341 g/mol. The van der Waals surface area contributed by atoms with Crippen LogP contribution in [-0.4, -0.2) is 42.1 Å². The minimum atomic E-state index is -0.776. The quantitative estimate of drug-likeness (QED) is 0.709. The summed E-state index contributed by atoms with van der Waals surface area (Å²) in [5.41, 5.74) is -0.628. The number of ether oxygens (including phenoxy) is 1. The van der Waals surface area contributed by atoms with Gasteiger partial charge in [0.25, 0.3) is 0 Å². The Morgan fingerprint density at radius 2 is 1.88 bits per heavy atom. The van der Waals surface area contributed by atoms with Crippen molar-refractivity contribution in [2.45, 2.75) is 78.0 Å². The number of hydrogen-bond acceptors (Lipinski definition) is 4. The second-order valence-corrected chi connectivity index (χ2v) is 7.62. The fourth-order valence-corrected chi connectivity index (χ4v) is 2.71. The first kappa shape index (κ1) is 20.3. The maximum absolute atomic E-state index is 11.9. The van der Waals surface area contributed by atoms with E-state index in [9.17, 15) is 14.4 Å².